The van der Waals surface area contributed by atoms with Gasteiger partial charge in [0.25, 0.3) is 0 Å². The minimum Gasteiger partial charge on any atom is -0.466 e. The smallest absolute Gasteiger partial charge is 0.313 e. The summed E-state index contributed by atoms with van der Waals surface area (Å²) in [5.74, 6) is -0.0689. The van der Waals surface area contributed by atoms with Gasteiger partial charge in [-0.2, -0.15) is 0 Å². The lowest BCUT2D eigenvalue weighted by atomic mass is 9.77. The van der Waals surface area contributed by atoms with Crippen molar-refractivity contribution >= 4 is 17.3 Å². The van der Waals surface area contributed by atoms with Crippen LogP contribution in [0.15, 0.2) is 11.7 Å². The first-order valence-electron chi connectivity index (χ1n) is 6.02. The molecule has 4 nitrogen and oxygen atoms in total. The monoisotopic (exact) mass is 254 g/mol. The first-order chi connectivity index (χ1) is 8.27. The van der Waals surface area contributed by atoms with Gasteiger partial charge in [-0.25, -0.2) is 0 Å². The third-order valence-corrected chi connectivity index (χ3v) is 3.96. The molecule has 1 unspecified atom stereocenters. The summed E-state index contributed by atoms with van der Waals surface area (Å²) in [5, 5.41) is 3.31. The van der Waals surface area contributed by atoms with Gasteiger partial charge < -0.3 is 10.1 Å². The predicted octanol–water partition coefficient (Wildman–Crippen LogP) is 1.62. The Morgan fingerprint density at radius 1 is 1.71 bits per heavy atom. The zero-order valence-corrected chi connectivity index (χ0v) is 10.9. The fourth-order valence-electron chi connectivity index (χ4n) is 2.31. The van der Waals surface area contributed by atoms with Gasteiger partial charge in [-0.1, -0.05) is 0 Å². The van der Waals surface area contributed by atoms with Crippen molar-refractivity contribution in [3.05, 3.63) is 16.6 Å². The summed E-state index contributed by atoms with van der Waals surface area (Å²) < 4.78 is 5.24. The number of rotatable bonds is 4. The number of piperidine rings is 1. The number of nitrogens with zero attached hydrogens (tertiary/aromatic N) is 1. The van der Waals surface area contributed by atoms with Gasteiger partial charge in [0.15, 0.2) is 0 Å². The Bertz CT molecular complexity index is 359. The van der Waals surface area contributed by atoms with E-state index in [2.05, 4.69) is 10.3 Å². The maximum absolute atomic E-state index is 12.2. The topological polar surface area (TPSA) is 51.2 Å². The van der Waals surface area contributed by atoms with Gasteiger partial charge in [0.2, 0.25) is 0 Å². The lowest BCUT2D eigenvalue weighted by Gasteiger charge is -2.34. The number of carbonyl (C=O) groups is 1. The molecule has 1 atom stereocenters. The molecule has 0 spiro atoms. The van der Waals surface area contributed by atoms with Gasteiger partial charge in [0.05, 0.1) is 17.5 Å². The molecular formula is C12H18N2O2S. The van der Waals surface area contributed by atoms with Crippen LogP contribution in [0.1, 0.15) is 24.6 Å². The van der Waals surface area contributed by atoms with E-state index < -0.39 is 0 Å². The molecular weight excluding hydrogens is 236 g/mol. The third kappa shape index (κ3) is 2.84. The maximum Gasteiger partial charge on any atom is 0.313 e. The minimum atomic E-state index is -0.388. The predicted molar refractivity (Wildman–Crippen MR) is 67.0 cm³/mol. The number of carbonyl (C=O) groups excluding carboxylic acids is 1. The summed E-state index contributed by atoms with van der Waals surface area (Å²) in [6.07, 6.45) is 4.51. The molecule has 0 saturated carbocycles. The highest BCUT2D eigenvalue weighted by atomic mass is 32.1. The van der Waals surface area contributed by atoms with Crippen LogP contribution in [0, 0.1) is 5.41 Å². The van der Waals surface area contributed by atoms with Crippen LogP contribution in [-0.2, 0) is 16.0 Å². The number of hydrogen-bond donors (Lipinski definition) is 1. The molecule has 1 fully saturated rings. The van der Waals surface area contributed by atoms with Crippen molar-refractivity contribution in [3.8, 4) is 0 Å². The summed E-state index contributed by atoms with van der Waals surface area (Å²) in [6.45, 7) is 4.01. The van der Waals surface area contributed by atoms with Crippen LogP contribution < -0.4 is 5.32 Å². The van der Waals surface area contributed by atoms with Crippen LogP contribution in [0.5, 0.6) is 0 Å². The van der Waals surface area contributed by atoms with E-state index in [9.17, 15) is 4.79 Å². The molecule has 1 saturated heterocycles. The van der Waals surface area contributed by atoms with E-state index in [1.54, 1.807) is 11.3 Å². The van der Waals surface area contributed by atoms with Gasteiger partial charge >= 0.3 is 5.97 Å². The van der Waals surface area contributed by atoms with Crippen molar-refractivity contribution in [2.75, 3.05) is 19.7 Å². The lowest BCUT2D eigenvalue weighted by molar-refractivity contribution is -0.156. The van der Waals surface area contributed by atoms with Crippen molar-refractivity contribution < 1.29 is 9.53 Å². The number of aromatic nitrogens is 1. The fraction of sp³-hybridized carbons (Fsp3) is 0.667. The second-order valence-electron chi connectivity index (χ2n) is 4.43. The zero-order valence-electron chi connectivity index (χ0n) is 10.1. The molecule has 17 heavy (non-hydrogen) atoms. The van der Waals surface area contributed by atoms with Crippen LogP contribution in [0.3, 0.4) is 0 Å². The Balaban J connectivity index is 2.14. The Morgan fingerprint density at radius 2 is 2.59 bits per heavy atom. The average molecular weight is 254 g/mol. The van der Waals surface area contributed by atoms with Crippen molar-refractivity contribution in [1.82, 2.24) is 10.3 Å². The molecule has 0 bridgehead atoms. The molecule has 0 radical (unpaired) electrons. The molecule has 0 aliphatic carbocycles. The van der Waals surface area contributed by atoms with Crippen LogP contribution in [-0.4, -0.2) is 30.6 Å². The zero-order chi connectivity index (χ0) is 12.1. The fourth-order valence-corrected chi connectivity index (χ4v) is 3.05. The molecule has 2 rings (SSSR count). The van der Waals surface area contributed by atoms with E-state index in [4.69, 9.17) is 4.74 Å². The molecule has 94 valence electrons. The highest BCUT2D eigenvalue weighted by molar-refractivity contribution is 7.09. The SMILES string of the molecule is CCOC(=O)C1(Cc2cncs2)CCCNC1. The van der Waals surface area contributed by atoms with Crippen molar-refractivity contribution in [2.24, 2.45) is 5.41 Å². The Hall–Kier alpha value is -0.940. The van der Waals surface area contributed by atoms with E-state index in [-0.39, 0.29) is 11.4 Å². The van der Waals surface area contributed by atoms with E-state index >= 15 is 0 Å². The van der Waals surface area contributed by atoms with E-state index in [1.807, 2.05) is 18.6 Å². The molecule has 5 heteroatoms. The molecule has 1 aliphatic rings. The lowest BCUT2D eigenvalue weighted by Crippen LogP contribution is -2.47. The first-order valence-corrected chi connectivity index (χ1v) is 6.90. The summed E-state index contributed by atoms with van der Waals surface area (Å²) >= 11 is 1.60. The van der Waals surface area contributed by atoms with Crippen LogP contribution in [0.25, 0.3) is 0 Å². The Kier molecular flexibility index (Phi) is 4.12. The Labute approximate surface area is 105 Å². The number of nitrogens with one attached hydrogen (secondary N) is 1. The van der Waals surface area contributed by atoms with E-state index in [1.165, 1.54) is 0 Å². The van der Waals surface area contributed by atoms with Crippen molar-refractivity contribution in [1.29, 1.82) is 0 Å². The number of ether oxygens (including phenoxy) is 1. The van der Waals surface area contributed by atoms with E-state index in [0.29, 0.717) is 13.2 Å². The molecule has 1 aromatic rings. The standard InChI is InChI=1S/C12H18N2O2S/c1-2-16-11(15)12(4-3-5-13-8-12)6-10-7-14-9-17-10/h7,9,13H,2-6,8H2,1H3. The second kappa shape index (κ2) is 5.60. The van der Waals surface area contributed by atoms with Crippen LogP contribution in [0.2, 0.25) is 0 Å². The summed E-state index contributed by atoms with van der Waals surface area (Å²) in [4.78, 5) is 17.4. The van der Waals surface area contributed by atoms with Crippen molar-refractivity contribution in [2.45, 2.75) is 26.2 Å². The third-order valence-electron chi connectivity index (χ3n) is 3.18. The summed E-state index contributed by atoms with van der Waals surface area (Å²) in [5.41, 5.74) is 1.42. The molecule has 0 aromatic carbocycles. The average Bonchev–Trinajstić information content (AvgIpc) is 2.83. The highest BCUT2D eigenvalue weighted by Gasteiger charge is 2.41. The summed E-state index contributed by atoms with van der Waals surface area (Å²) in [7, 11) is 0. The van der Waals surface area contributed by atoms with E-state index in [0.717, 1.165) is 30.7 Å². The molecule has 1 aromatic heterocycles. The summed E-state index contributed by atoms with van der Waals surface area (Å²) in [6, 6.07) is 0. The molecule has 0 amide bonds. The largest absolute Gasteiger partial charge is 0.466 e. The number of hydrogen-bond acceptors (Lipinski definition) is 5. The number of esters is 1. The van der Waals surface area contributed by atoms with Gasteiger partial charge in [-0.15, -0.1) is 11.3 Å². The molecule has 2 heterocycles. The second-order valence-corrected chi connectivity index (χ2v) is 5.40. The van der Waals surface area contributed by atoms with Gasteiger partial charge in [0, 0.05) is 24.0 Å². The van der Waals surface area contributed by atoms with Crippen LogP contribution >= 0.6 is 11.3 Å². The van der Waals surface area contributed by atoms with Crippen molar-refractivity contribution in [3.63, 3.8) is 0 Å². The maximum atomic E-state index is 12.2. The quantitative estimate of drug-likeness (QED) is 0.830. The minimum absolute atomic E-state index is 0.0689. The van der Waals surface area contributed by atoms with Gasteiger partial charge in [-0.3, -0.25) is 9.78 Å². The normalized spacial score (nSPS) is 24.5. The number of thiazole rings is 1. The first kappa shape index (κ1) is 12.5. The van der Waals surface area contributed by atoms with Gasteiger partial charge in [0.1, 0.15) is 0 Å². The molecule has 1 aliphatic heterocycles. The highest BCUT2D eigenvalue weighted by Crippen LogP contribution is 2.33. The van der Waals surface area contributed by atoms with Crippen LogP contribution in [0.4, 0.5) is 0 Å². The Morgan fingerprint density at radius 3 is 3.18 bits per heavy atom. The molecule has 1 N–H and O–H groups in total. The van der Waals surface area contributed by atoms with Gasteiger partial charge in [-0.05, 0) is 26.3 Å².